The van der Waals surface area contributed by atoms with Gasteiger partial charge in [0.05, 0.1) is 19.2 Å². The number of urea groups is 1. The molecule has 2 heterocycles. The number of carbonyl (C=O) groups is 4. The van der Waals surface area contributed by atoms with Crippen LogP contribution in [0.4, 0.5) is 10.5 Å². The normalized spacial score (nSPS) is 15.7. The number of imide groups is 1. The average Bonchev–Trinajstić information content (AvgIpc) is 3.48. The van der Waals surface area contributed by atoms with Crippen molar-refractivity contribution in [2.24, 2.45) is 0 Å². The van der Waals surface area contributed by atoms with E-state index in [4.69, 9.17) is 4.42 Å². The van der Waals surface area contributed by atoms with Crippen LogP contribution in [0.5, 0.6) is 0 Å². The van der Waals surface area contributed by atoms with Gasteiger partial charge in [0.2, 0.25) is 5.91 Å². The Morgan fingerprint density at radius 2 is 1.68 bits per heavy atom. The minimum absolute atomic E-state index is 0.00757. The van der Waals surface area contributed by atoms with Crippen molar-refractivity contribution in [1.29, 1.82) is 0 Å². The monoisotopic (exact) mass is 502 g/mol. The molecule has 1 aromatic heterocycles. The number of amides is 5. The molecular formula is C28H30N4O5. The number of hydrogen-bond acceptors (Lipinski definition) is 5. The van der Waals surface area contributed by atoms with Crippen molar-refractivity contribution in [3.63, 3.8) is 0 Å². The average molecular weight is 503 g/mol. The van der Waals surface area contributed by atoms with E-state index in [9.17, 15) is 19.2 Å². The third kappa shape index (κ3) is 6.24. The molecule has 1 aliphatic heterocycles. The highest BCUT2D eigenvalue weighted by Gasteiger charge is 2.37. The van der Waals surface area contributed by atoms with Crippen molar-refractivity contribution in [1.82, 2.24) is 15.5 Å². The van der Waals surface area contributed by atoms with Crippen molar-refractivity contribution < 1.29 is 23.6 Å². The molecule has 2 atom stereocenters. The zero-order chi connectivity index (χ0) is 26.5. The zero-order valence-electron chi connectivity index (χ0n) is 21.0. The summed E-state index contributed by atoms with van der Waals surface area (Å²) in [6.07, 6.45) is 1.18. The van der Waals surface area contributed by atoms with Crippen LogP contribution in [-0.2, 0) is 20.9 Å². The van der Waals surface area contributed by atoms with Gasteiger partial charge in [-0.1, -0.05) is 55.8 Å². The van der Waals surface area contributed by atoms with Gasteiger partial charge in [0.15, 0.2) is 0 Å². The van der Waals surface area contributed by atoms with E-state index >= 15 is 0 Å². The summed E-state index contributed by atoms with van der Waals surface area (Å²) >= 11 is 0. The molecule has 37 heavy (non-hydrogen) atoms. The molecule has 4 rings (SSSR count). The molecule has 0 bridgehead atoms. The number of hydrogen-bond donors (Lipinski definition) is 3. The standard InChI is InChI=1S/C28H30N4O5/c1-17(2)19-10-12-21(13-11-19)29-27(35)25(20-8-6-18(3)7-9-20)32(16-22-5-4-14-37-22)24(33)15-23-26(34)31-28(36)30-23/h4-14,17,23,25H,15-16H2,1-3H3,(H,29,35)(H2,30,31,34,36). The number of furan rings is 1. The SMILES string of the molecule is Cc1ccc(C(C(=O)Nc2ccc(C(C)C)cc2)N(Cc2ccco2)C(=O)CC2NC(=O)NC2=O)cc1. The number of carbonyl (C=O) groups excluding carboxylic acids is 4. The Kier molecular flexibility index (Phi) is 7.71. The van der Waals surface area contributed by atoms with E-state index in [1.54, 1.807) is 24.3 Å². The Bertz CT molecular complexity index is 1270. The van der Waals surface area contributed by atoms with Crippen LogP contribution in [0.15, 0.2) is 71.3 Å². The Morgan fingerprint density at radius 3 is 2.24 bits per heavy atom. The van der Waals surface area contributed by atoms with Gasteiger partial charge in [0.1, 0.15) is 17.8 Å². The Hall–Kier alpha value is -4.40. The number of anilines is 1. The fourth-order valence-corrected chi connectivity index (χ4v) is 4.17. The first kappa shape index (κ1) is 25.7. The van der Waals surface area contributed by atoms with E-state index in [2.05, 4.69) is 29.8 Å². The maximum absolute atomic E-state index is 13.8. The van der Waals surface area contributed by atoms with Crippen molar-refractivity contribution in [2.75, 3.05) is 5.32 Å². The first-order valence-electron chi connectivity index (χ1n) is 12.1. The van der Waals surface area contributed by atoms with Crippen LogP contribution in [0, 0.1) is 6.92 Å². The molecule has 1 fully saturated rings. The van der Waals surface area contributed by atoms with E-state index in [0.717, 1.165) is 11.1 Å². The minimum Gasteiger partial charge on any atom is -0.467 e. The first-order valence-corrected chi connectivity index (χ1v) is 12.1. The number of aryl methyl sites for hydroxylation is 1. The summed E-state index contributed by atoms with van der Waals surface area (Å²) in [5, 5.41) is 7.51. The lowest BCUT2D eigenvalue weighted by molar-refractivity contribution is -0.141. The fourth-order valence-electron chi connectivity index (χ4n) is 4.17. The molecule has 3 N–H and O–H groups in total. The number of nitrogens with zero attached hydrogens (tertiary/aromatic N) is 1. The number of benzene rings is 2. The van der Waals surface area contributed by atoms with Gasteiger partial charge in [-0.25, -0.2) is 4.79 Å². The van der Waals surface area contributed by atoms with Crippen molar-refractivity contribution >= 4 is 29.4 Å². The maximum Gasteiger partial charge on any atom is 0.322 e. The maximum atomic E-state index is 13.8. The van der Waals surface area contributed by atoms with Crippen molar-refractivity contribution in [3.8, 4) is 0 Å². The van der Waals surface area contributed by atoms with Crippen LogP contribution in [0.2, 0.25) is 0 Å². The quantitative estimate of drug-likeness (QED) is 0.382. The van der Waals surface area contributed by atoms with Gasteiger partial charge in [0, 0.05) is 5.69 Å². The minimum atomic E-state index is -1.02. The van der Waals surface area contributed by atoms with Crippen LogP contribution >= 0.6 is 0 Å². The van der Waals surface area contributed by atoms with Gasteiger partial charge < -0.3 is 20.0 Å². The summed E-state index contributed by atoms with van der Waals surface area (Å²) in [6.45, 7) is 6.10. The third-order valence-corrected chi connectivity index (χ3v) is 6.26. The van der Waals surface area contributed by atoms with E-state index in [0.29, 0.717) is 22.9 Å². The molecule has 9 heteroatoms. The van der Waals surface area contributed by atoms with Crippen LogP contribution in [0.1, 0.15) is 54.7 Å². The molecule has 2 unspecified atom stereocenters. The topological polar surface area (TPSA) is 121 Å². The molecule has 3 aromatic rings. The smallest absolute Gasteiger partial charge is 0.322 e. The summed E-state index contributed by atoms with van der Waals surface area (Å²) in [5.74, 6) is -0.673. The second-order valence-corrected chi connectivity index (χ2v) is 9.40. The zero-order valence-corrected chi connectivity index (χ0v) is 21.0. The summed E-state index contributed by atoms with van der Waals surface area (Å²) in [6, 6.07) is 15.6. The van der Waals surface area contributed by atoms with Crippen molar-refractivity contribution in [2.45, 2.75) is 51.7 Å². The summed E-state index contributed by atoms with van der Waals surface area (Å²) in [4.78, 5) is 52.5. The van der Waals surface area contributed by atoms with Crippen LogP contribution in [0.25, 0.3) is 0 Å². The first-order chi connectivity index (χ1) is 17.7. The van der Waals surface area contributed by atoms with Gasteiger partial charge in [0.25, 0.3) is 11.8 Å². The van der Waals surface area contributed by atoms with Crippen LogP contribution < -0.4 is 16.0 Å². The van der Waals surface area contributed by atoms with Crippen LogP contribution in [0.3, 0.4) is 0 Å². The van der Waals surface area contributed by atoms with Crippen molar-refractivity contribution in [3.05, 3.63) is 89.4 Å². The second-order valence-electron chi connectivity index (χ2n) is 9.40. The Labute approximate surface area is 215 Å². The van der Waals surface area contributed by atoms with E-state index < -0.39 is 35.8 Å². The lowest BCUT2D eigenvalue weighted by Gasteiger charge is -2.31. The van der Waals surface area contributed by atoms with Gasteiger partial charge in [-0.3, -0.25) is 19.7 Å². The Balaban J connectivity index is 1.67. The molecule has 9 nitrogen and oxygen atoms in total. The van der Waals surface area contributed by atoms with Gasteiger partial charge in [-0.15, -0.1) is 0 Å². The Morgan fingerprint density at radius 1 is 1.00 bits per heavy atom. The van der Waals surface area contributed by atoms with Gasteiger partial charge in [-0.2, -0.15) is 0 Å². The number of nitrogens with one attached hydrogen (secondary N) is 3. The molecule has 192 valence electrons. The lowest BCUT2D eigenvalue weighted by Crippen LogP contribution is -2.44. The van der Waals surface area contributed by atoms with Gasteiger partial charge >= 0.3 is 6.03 Å². The summed E-state index contributed by atoms with van der Waals surface area (Å²) < 4.78 is 5.49. The third-order valence-electron chi connectivity index (χ3n) is 6.26. The molecule has 0 spiro atoms. The highest BCUT2D eigenvalue weighted by atomic mass is 16.3. The molecular weight excluding hydrogens is 472 g/mol. The molecule has 1 aliphatic rings. The molecule has 5 amide bonds. The van der Waals surface area contributed by atoms with Gasteiger partial charge in [-0.05, 0) is 48.2 Å². The fraction of sp³-hybridized carbons (Fsp3) is 0.286. The largest absolute Gasteiger partial charge is 0.467 e. The van der Waals surface area contributed by atoms with E-state index in [1.807, 2.05) is 43.3 Å². The summed E-state index contributed by atoms with van der Waals surface area (Å²) in [7, 11) is 0. The lowest BCUT2D eigenvalue weighted by atomic mass is 10.0. The molecule has 0 aliphatic carbocycles. The highest BCUT2D eigenvalue weighted by Crippen LogP contribution is 2.28. The molecule has 0 radical (unpaired) electrons. The molecule has 1 saturated heterocycles. The second kappa shape index (κ2) is 11.1. The summed E-state index contributed by atoms with van der Waals surface area (Å²) in [5.41, 5.74) is 3.34. The predicted molar refractivity (Wildman–Crippen MR) is 137 cm³/mol. The predicted octanol–water partition coefficient (Wildman–Crippen LogP) is 4.02. The number of rotatable bonds is 9. The molecule has 0 saturated carbocycles. The van der Waals surface area contributed by atoms with E-state index in [-0.39, 0.29) is 13.0 Å². The molecule has 2 aromatic carbocycles. The van der Waals surface area contributed by atoms with Crippen LogP contribution in [-0.4, -0.2) is 34.7 Å². The van der Waals surface area contributed by atoms with E-state index in [1.165, 1.54) is 11.2 Å². The highest BCUT2D eigenvalue weighted by molar-refractivity contribution is 6.06.